The molecule has 0 fully saturated rings. The predicted octanol–water partition coefficient (Wildman–Crippen LogP) is -0.835. The second-order valence-electron chi connectivity index (χ2n) is 1.01. The van der Waals surface area contributed by atoms with E-state index in [0.717, 1.165) is 0 Å². The highest BCUT2D eigenvalue weighted by molar-refractivity contribution is 4.72. The summed E-state index contributed by atoms with van der Waals surface area (Å²) in [5.41, 5.74) is -0.227. The van der Waals surface area contributed by atoms with Gasteiger partial charge in [-0.2, -0.15) is 0 Å². The Kier molecular flexibility index (Phi) is 0.856. The maximum atomic E-state index is 10.1. The third kappa shape index (κ3) is 0.819. The van der Waals surface area contributed by atoms with Crippen LogP contribution in [0.25, 0.3) is 0 Å². The van der Waals surface area contributed by atoms with Crippen molar-refractivity contribution in [1.82, 2.24) is 15.4 Å². The first-order valence-corrected chi connectivity index (χ1v) is 1.76. The molecule has 1 N–H and O–H groups in total. The van der Waals surface area contributed by atoms with Gasteiger partial charge < -0.3 is 0 Å². The van der Waals surface area contributed by atoms with Gasteiger partial charge in [0.05, 0.1) is 6.20 Å². The molecule has 7 heavy (non-hydrogen) atoms. The molecule has 0 aliphatic rings. The van der Waals surface area contributed by atoms with E-state index in [2.05, 4.69) is 15.4 Å². The van der Waals surface area contributed by atoms with Crippen LogP contribution in [0.3, 0.4) is 0 Å². The van der Waals surface area contributed by atoms with E-state index in [1.807, 2.05) is 0 Å². The van der Waals surface area contributed by atoms with Gasteiger partial charge in [0, 0.05) is 6.07 Å². The zero-order chi connectivity index (χ0) is 5.11. The SMILES string of the molecule is O=c1ccnn[nH]1. The number of nitrogens with one attached hydrogen (secondary N) is 1. The molecule has 4 heteroatoms. The molecule has 0 atom stereocenters. The van der Waals surface area contributed by atoms with Crippen molar-refractivity contribution in [2.24, 2.45) is 0 Å². The third-order valence-electron chi connectivity index (χ3n) is 0.511. The first-order chi connectivity index (χ1) is 3.39. The van der Waals surface area contributed by atoms with E-state index in [1.54, 1.807) is 0 Å². The fourth-order valence-corrected chi connectivity index (χ4v) is 0.250. The van der Waals surface area contributed by atoms with E-state index in [9.17, 15) is 4.79 Å². The zero-order valence-corrected chi connectivity index (χ0v) is 3.46. The average Bonchev–Trinajstić information content (AvgIpc) is 1.69. The molecule has 0 bridgehead atoms. The molecule has 36 valence electrons. The Hall–Kier alpha value is -1.19. The molecule has 1 aromatic heterocycles. The Labute approximate surface area is 39.2 Å². The number of rotatable bonds is 0. The van der Waals surface area contributed by atoms with Gasteiger partial charge in [-0.05, 0) is 0 Å². The fraction of sp³-hybridized carbons (Fsp3) is 0. The molecule has 1 heterocycles. The van der Waals surface area contributed by atoms with Crippen LogP contribution in [-0.2, 0) is 0 Å². The standard InChI is InChI=1S/C3H3N3O/c7-3-1-2-4-6-5-3/h1-2H,(H,4,5,7). The summed E-state index contributed by atoms with van der Waals surface area (Å²) in [6.45, 7) is 0. The van der Waals surface area contributed by atoms with Crippen LogP contribution in [0.15, 0.2) is 17.1 Å². The summed E-state index contributed by atoms with van der Waals surface area (Å²) >= 11 is 0. The molecule has 0 spiro atoms. The van der Waals surface area contributed by atoms with E-state index in [1.165, 1.54) is 12.3 Å². The molecule has 0 aliphatic heterocycles. The smallest absolute Gasteiger partial charge is 0.267 e. The number of hydrogen-bond acceptors (Lipinski definition) is 3. The molecular formula is C3H3N3O. The molecule has 0 unspecified atom stereocenters. The monoisotopic (exact) mass is 97.0 g/mol. The van der Waals surface area contributed by atoms with Gasteiger partial charge in [0.15, 0.2) is 0 Å². The van der Waals surface area contributed by atoms with Crippen molar-refractivity contribution in [3.8, 4) is 0 Å². The lowest BCUT2D eigenvalue weighted by molar-refractivity contribution is 0.840. The highest BCUT2D eigenvalue weighted by atomic mass is 16.1. The summed E-state index contributed by atoms with van der Waals surface area (Å²) in [7, 11) is 0. The van der Waals surface area contributed by atoms with Gasteiger partial charge in [0.25, 0.3) is 5.56 Å². The molecular weight excluding hydrogens is 94.1 g/mol. The minimum atomic E-state index is -0.227. The van der Waals surface area contributed by atoms with E-state index < -0.39 is 0 Å². The van der Waals surface area contributed by atoms with Crippen LogP contribution >= 0.6 is 0 Å². The van der Waals surface area contributed by atoms with Gasteiger partial charge in [-0.3, -0.25) is 4.79 Å². The Morgan fingerprint density at radius 1 is 1.71 bits per heavy atom. The van der Waals surface area contributed by atoms with E-state index >= 15 is 0 Å². The van der Waals surface area contributed by atoms with Crippen LogP contribution in [0.2, 0.25) is 0 Å². The molecule has 0 saturated carbocycles. The number of H-pyrrole nitrogens is 1. The molecule has 0 saturated heterocycles. The Morgan fingerprint density at radius 2 is 2.57 bits per heavy atom. The van der Waals surface area contributed by atoms with Crippen LogP contribution in [0, 0.1) is 0 Å². The van der Waals surface area contributed by atoms with Crippen LogP contribution in [0.5, 0.6) is 0 Å². The molecule has 4 nitrogen and oxygen atoms in total. The lowest BCUT2D eigenvalue weighted by Gasteiger charge is -1.71. The highest BCUT2D eigenvalue weighted by Gasteiger charge is 1.71. The maximum Gasteiger partial charge on any atom is 0.267 e. The van der Waals surface area contributed by atoms with Crippen molar-refractivity contribution in [2.45, 2.75) is 0 Å². The topological polar surface area (TPSA) is 58.6 Å². The first kappa shape index (κ1) is 3.98. The molecule has 0 aliphatic carbocycles. The van der Waals surface area contributed by atoms with Crippen molar-refractivity contribution < 1.29 is 0 Å². The van der Waals surface area contributed by atoms with Crippen molar-refractivity contribution in [1.29, 1.82) is 0 Å². The van der Waals surface area contributed by atoms with Crippen molar-refractivity contribution in [3.63, 3.8) is 0 Å². The minimum Gasteiger partial charge on any atom is -0.268 e. The Morgan fingerprint density at radius 3 is 2.86 bits per heavy atom. The molecule has 0 aromatic carbocycles. The summed E-state index contributed by atoms with van der Waals surface area (Å²) in [4.78, 5) is 10.1. The summed E-state index contributed by atoms with van der Waals surface area (Å²) in [6, 6.07) is 1.30. The molecule has 1 rings (SSSR count). The van der Waals surface area contributed by atoms with Crippen LogP contribution < -0.4 is 5.56 Å². The van der Waals surface area contributed by atoms with Crippen LogP contribution in [-0.4, -0.2) is 15.4 Å². The Bertz CT molecular complexity index is 176. The van der Waals surface area contributed by atoms with Gasteiger partial charge in [-0.25, -0.2) is 5.10 Å². The Balaban J connectivity index is 3.28. The summed E-state index contributed by atoms with van der Waals surface area (Å²) in [5.74, 6) is 0. The molecule has 1 aromatic rings. The number of hydrogen-bond donors (Lipinski definition) is 1. The highest BCUT2D eigenvalue weighted by Crippen LogP contribution is 1.52. The predicted molar refractivity (Wildman–Crippen MR) is 22.7 cm³/mol. The minimum absolute atomic E-state index is 0.227. The van der Waals surface area contributed by atoms with Crippen molar-refractivity contribution in [2.75, 3.05) is 0 Å². The lowest BCUT2D eigenvalue weighted by atomic mass is 10.7. The number of aromatic amines is 1. The van der Waals surface area contributed by atoms with E-state index in [-0.39, 0.29) is 5.56 Å². The second kappa shape index (κ2) is 1.51. The first-order valence-electron chi connectivity index (χ1n) is 1.76. The lowest BCUT2D eigenvalue weighted by Crippen LogP contribution is -2.05. The second-order valence-corrected chi connectivity index (χ2v) is 1.01. The third-order valence-corrected chi connectivity index (χ3v) is 0.511. The van der Waals surface area contributed by atoms with Gasteiger partial charge in [-0.15, -0.1) is 5.10 Å². The number of aromatic nitrogens is 3. The zero-order valence-electron chi connectivity index (χ0n) is 3.46. The largest absolute Gasteiger partial charge is 0.268 e. The quantitative estimate of drug-likeness (QED) is 0.459. The van der Waals surface area contributed by atoms with Gasteiger partial charge >= 0.3 is 0 Å². The summed E-state index contributed by atoms with van der Waals surface area (Å²) in [5, 5.41) is 8.65. The van der Waals surface area contributed by atoms with Gasteiger partial charge in [-0.1, -0.05) is 5.21 Å². The van der Waals surface area contributed by atoms with Gasteiger partial charge in [0.2, 0.25) is 0 Å². The van der Waals surface area contributed by atoms with Crippen molar-refractivity contribution in [3.05, 3.63) is 22.6 Å². The molecule has 0 amide bonds. The molecule has 0 radical (unpaired) electrons. The van der Waals surface area contributed by atoms with Gasteiger partial charge in [0.1, 0.15) is 0 Å². The maximum absolute atomic E-state index is 10.1. The van der Waals surface area contributed by atoms with E-state index in [4.69, 9.17) is 0 Å². The number of nitrogens with zero attached hydrogens (tertiary/aromatic N) is 2. The summed E-state index contributed by atoms with van der Waals surface area (Å²) in [6.07, 6.45) is 1.33. The van der Waals surface area contributed by atoms with E-state index in [0.29, 0.717) is 0 Å². The normalized spacial score (nSPS) is 8.57. The van der Waals surface area contributed by atoms with Crippen LogP contribution in [0.1, 0.15) is 0 Å². The van der Waals surface area contributed by atoms with Crippen LogP contribution in [0.4, 0.5) is 0 Å². The summed E-state index contributed by atoms with van der Waals surface area (Å²) < 4.78 is 0. The average molecular weight is 97.1 g/mol. The fourth-order valence-electron chi connectivity index (χ4n) is 0.250. The van der Waals surface area contributed by atoms with Crippen molar-refractivity contribution >= 4 is 0 Å².